The van der Waals surface area contributed by atoms with Crippen LogP contribution in [0.1, 0.15) is 46.1 Å². The fraction of sp³-hybridized carbons (Fsp3) is 0.364. The second-order valence-electron chi connectivity index (χ2n) is 7.60. The molecule has 28 heavy (non-hydrogen) atoms. The standard InChI is InChI=1S/C22H25N3O3/c1-12-13(2)24-21-18(12)5-4-6-19(21)22(27)25-20(14-7-16(26)8-14)15-9-17(28-3)11-23-10-15/h4-6,9-11,14,16,20,24,26H,7-8H2,1-3H3,(H,25,27). The highest BCUT2D eigenvalue weighted by Crippen LogP contribution is 2.39. The molecule has 1 unspecified atom stereocenters. The molecule has 0 bridgehead atoms. The van der Waals surface area contributed by atoms with Crippen molar-refractivity contribution in [3.05, 3.63) is 59.0 Å². The molecule has 3 N–H and O–H groups in total. The lowest BCUT2D eigenvalue weighted by molar-refractivity contribution is 0.0234. The molecule has 1 aromatic carbocycles. The number of hydrogen-bond acceptors (Lipinski definition) is 4. The van der Waals surface area contributed by atoms with Crippen LogP contribution < -0.4 is 10.1 Å². The molecule has 4 rings (SSSR count). The molecular formula is C22H25N3O3. The number of nitrogens with one attached hydrogen (secondary N) is 2. The number of aliphatic hydroxyl groups is 1. The fourth-order valence-corrected chi connectivity index (χ4v) is 3.98. The Morgan fingerprint density at radius 1 is 1.32 bits per heavy atom. The SMILES string of the molecule is COc1cncc(C(NC(=O)c2cccc3c(C)c(C)[nH]c23)C2CC(O)C2)c1. The summed E-state index contributed by atoms with van der Waals surface area (Å²) in [4.78, 5) is 20.8. The Hall–Kier alpha value is -2.86. The van der Waals surface area contributed by atoms with E-state index in [1.54, 1.807) is 19.5 Å². The fourth-order valence-electron chi connectivity index (χ4n) is 3.98. The largest absolute Gasteiger partial charge is 0.495 e. The van der Waals surface area contributed by atoms with Gasteiger partial charge in [0.1, 0.15) is 5.75 Å². The van der Waals surface area contributed by atoms with Crippen molar-refractivity contribution >= 4 is 16.8 Å². The second kappa shape index (κ2) is 7.28. The van der Waals surface area contributed by atoms with Crippen LogP contribution in [0.2, 0.25) is 0 Å². The van der Waals surface area contributed by atoms with Gasteiger partial charge in [-0.05, 0) is 55.9 Å². The van der Waals surface area contributed by atoms with Crippen LogP contribution in [0.3, 0.4) is 0 Å². The second-order valence-corrected chi connectivity index (χ2v) is 7.60. The van der Waals surface area contributed by atoms with Gasteiger partial charge in [-0.15, -0.1) is 0 Å². The predicted molar refractivity (Wildman–Crippen MR) is 107 cm³/mol. The van der Waals surface area contributed by atoms with Gasteiger partial charge in [0.2, 0.25) is 0 Å². The number of carbonyl (C=O) groups excluding carboxylic acids is 1. The van der Waals surface area contributed by atoms with Crippen molar-refractivity contribution in [1.29, 1.82) is 0 Å². The number of amides is 1. The number of rotatable bonds is 5. The number of pyridine rings is 1. The molecule has 0 radical (unpaired) electrons. The third-order valence-corrected chi connectivity index (χ3v) is 5.82. The number of ether oxygens (including phenoxy) is 1. The molecule has 1 aliphatic carbocycles. The topological polar surface area (TPSA) is 87.2 Å². The van der Waals surface area contributed by atoms with E-state index in [-0.39, 0.29) is 24.0 Å². The smallest absolute Gasteiger partial charge is 0.253 e. The highest BCUT2D eigenvalue weighted by molar-refractivity contribution is 6.06. The van der Waals surface area contributed by atoms with Crippen LogP contribution >= 0.6 is 0 Å². The third-order valence-electron chi connectivity index (χ3n) is 5.82. The number of aromatic nitrogens is 2. The molecule has 1 atom stereocenters. The zero-order valence-corrected chi connectivity index (χ0v) is 16.3. The van der Waals surface area contributed by atoms with Crippen molar-refractivity contribution in [2.75, 3.05) is 7.11 Å². The van der Waals surface area contributed by atoms with Gasteiger partial charge in [0.25, 0.3) is 5.91 Å². The number of benzene rings is 1. The summed E-state index contributed by atoms with van der Waals surface area (Å²) in [6, 6.07) is 7.44. The average Bonchev–Trinajstić information content (AvgIpc) is 2.98. The molecule has 6 heteroatoms. The van der Waals surface area contributed by atoms with Crippen molar-refractivity contribution in [2.24, 2.45) is 5.92 Å². The summed E-state index contributed by atoms with van der Waals surface area (Å²) in [5, 5.41) is 14.0. The van der Waals surface area contributed by atoms with Crippen molar-refractivity contribution < 1.29 is 14.6 Å². The lowest BCUT2D eigenvalue weighted by Crippen LogP contribution is -2.41. The zero-order valence-electron chi connectivity index (χ0n) is 16.3. The van der Waals surface area contributed by atoms with Crippen molar-refractivity contribution in [3.8, 4) is 5.75 Å². The molecule has 0 saturated heterocycles. The summed E-state index contributed by atoms with van der Waals surface area (Å²) >= 11 is 0. The Kier molecular flexibility index (Phi) is 4.81. The monoisotopic (exact) mass is 379 g/mol. The summed E-state index contributed by atoms with van der Waals surface area (Å²) in [7, 11) is 1.60. The number of methoxy groups -OCH3 is 1. The molecule has 1 fully saturated rings. The molecule has 146 valence electrons. The lowest BCUT2D eigenvalue weighted by Gasteiger charge is -2.38. The predicted octanol–water partition coefficient (Wildman–Crippen LogP) is 3.43. The number of hydrogen-bond donors (Lipinski definition) is 3. The van der Waals surface area contributed by atoms with Crippen LogP contribution in [0.15, 0.2) is 36.7 Å². The van der Waals surface area contributed by atoms with Crippen LogP contribution in [0, 0.1) is 19.8 Å². The molecule has 1 saturated carbocycles. The number of aromatic amines is 1. The quantitative estimate of drug-likeness (QED) is 0.634. The highest BCUT2D eigenvalue weighted by Gasteiger charge is 2.36. The van der Waals surface area contributed by atoms with E-state index in [1.165, 1.54) is 0 Å². The number of fused-ring (bicyclic) bond motifs is 1. The number of H-pyrrole nitrogens is 1. The van der Waals surface area contributed by atoms with Gasteiger partial charge in [-0.3, -0.25) is 9.78 Å². The number of aryl methyl sites for hydroxylation is 2. The third kappa shape index (κ3) is 3.24. The van der Waals surface area contributed by atoms with Crippen LogP contribution in [0.5, 0.6) is 5.75 Å². The Balaban J connectivity index is 1.67. The number of para-hydroxylation sites is 1. The maximum absolute atomic E-state index is 13.2. The minimum absolute atomic E-state index is 0.138. The van der Waals surface area contributed by atoms with E-state index in [0.29, 0.717) is 24.2 Å². The summed E-state index contributed by atoms with van der Waals surface area (Å²) in [5.41, 5.74) is 4.57. The van der Waals surface area contributed by atoms with Crippen molar-refractivity contribution in [2.45, 2.75) is 38.8 Å². The van der Waals surface area contributed by atoms with E-state index in [2.05, 4.69) is 22.2 Å². The minimum Gasteiger partial charge on any atom is -0.495 e. The van der Waals surface area contributed by atoms with E-state index in [9.17, 15) is 9.90 Å². The maximum atomic E-state index is 13.2. The molecule has 0 aliphatic heterocycles. The number of nitrogens with zero attached hydrogens (tertiary/aromatic N) is 1. The molecular weight excluding hydrogens is 354 g/mol. The van der Waals surface area contributed by atoms with E-state index >= 15 is 0 Å². The van der Waals surface area contributed by atoms with Crippen LogP contribution in [0.4, 0.5) is 0 Å². The van der Waals surface area contributed by atoms with Gasteiger partial charge in [0.05, 0.1) is 36.5 Å². The van der Waals surface area contributed by atoms with E-state index in [1.807, 2.05) is 31.2 Å². The Bertz CT molecular complexity index is 1020. The van der Waals surface area contributed by atoms with E-state index < -0.39 is 0 Å². The normalized spacial score (nSPS) is 19.9. The maximum Gasteiger partial charge on any atom is 0.253 e. The van der Waals surface area contributed by atoms with Crippen LogP contribution in [-0.4, -0.2) is 34.2 Å². The molecule has 0 spiro atoms. The van der Waals surface area contributed by atoms with E-state index in [4.69, 9.17) is 4.74 Å². The molecule has 3 aromatic rings. The Morgan fingerprint density at radius 3 is 2.82 bits per heavy atom. The van der Waals surface area contributed by atoms with Gasteiger partial charge in [0.15, 0.2) is 0 Å². The van der Waals surface area contributed by atoms with Gasteiger partial charge >= 0.3 is 0 Å². The molecule has 6 nitrogen and oxygen atoms in total. The molecule has 2 aromatic heterocycles. The van der Waals surface area contributed by atoms with Crippen LogP contribution in [0.25, 0.3) is 10.9 Å². The first-order valence-electron chi connectivity index (χ1n) is 9.53. The van der Waals surface area contributed by atoms with Crippen molar-refractivity contribution in [3.63, 3.8) is 0 Å². The summed E-state index contributed by atoms with van der Waals surface area (Å²) < 4.78 is 5.29. The summed E-state index contributed by atoms with van der Waals surface area (Å²) in [5.74, 6) is 0.676. The van der Waals surface area contributed by atoms with Gasteiger partial charge in [-0.2, -0.15) is 0 Å². The van der Waals surface area contributed by atoms with Gasteiger partial charge in [-0.25, -0.2) is 0 Å². The first-order valence-corrected chi connectivity index (χ1v) is 9.53. The Morgan fingerprint density at radius 2 is 2.11 bits per heavy atom. The molecule has 2 heterocycles. The molecule has 1 aliphatic rings. The number of carbonyl (C=O) groups is 1. The zero-order chi connectivity index (χ0) is 19.8. The first kappa shape index (κ1) is 18.5. The highest BCUT2D eigenvalue weighted by atomic mass is 16.5. The average molecular weight is 379 g/mol. The summed E-state index contributed by atoms with van der Waals surface area (Å²) in [6.45, 7) is 4.06. The van der Waals surface area contributed by atoms with Gasteiger partial charge in [-0.1, -0.05) is 12.1 Å². The van der Waals surface area contributed by atoms with Crippen LogP contribution in [-0.2, 0) is 0 Å². The van der Waals surface area contributed by atoms with Gasteiger partial charge < -0.3 is 20.1 Å². The van der Waals surface area contributed by atoms with Crippen molar-refractivity contribution in [1.82, 2.24) is 15.3 Å². The Labute approximate surface area is 163 Å². The number of aliphatic hydroxyl groups excluding tert-OH is 1. The van der Waals surface area contributed by atoms with E-state index in [0.717, 1.165) is 27.7 Å². The lowest BCUT2D eigenvalue weighted by atomic mass is 9.75. The first-order chi connectivity index (χ1) is 13.5. The van der Waals surface area contributed by atoms with Gasteiger partial charge in [0, 0.05) is 17.3 Å². The molecule has 1 amide bonds. The minimum atomic E-state index is -0.305. The summed E-state index contributed by atoms with van der Waals surface area (Å²) in [6.07, 6.45) is 4.41.